The minimum Gasteiger partial charge on any atom is -0.383 e. The second kappa shape index (κ2) is 8.37. The van der Waals surface area contributed by atoms with Gasteiger partial charge in [-0.2, -0.15) is 0 Å². The third-order valence-corrected chi connectivity index (χ3v) is 5.92. The van der Waals surface area contributed by atoms with Gasteiger partial charge in [-0.25, -0.2) is 0 Å². The van der Waals surface area contributed by atoms with Gasteiger partial charge in [0.15, 0.2) is 5.78 Å². The first-order valence-corrected chi connectivity index (χ1v) is 10.1. The predicted molar refractivity (Wildman–Crippen MR) is 111 cm³/mol. The number of hydrogen-bond acceptors (Lipinski definition) is 5. The molecule has 1 aliphatic heterocycles. The number of para-hydroxylation sites is 1. The van der Waals surface area contributed by atoms with Gasteiger partial charge in [0.1, 0.15) is 0 Å². The molecule has 5 heteroatoms. The van der Waals surface area contributed by atoms with E-state index in [1.165, 1.54) is 5.56 Å². The zero-order chi connectivity index (χ0) is 18.5. The number of thioether (sulfide) groups is 1. The molecule has 4 nitrogen and oxygen atoms in total. The van der Waals surface area contributed by atoms with Crippen LogP contribution in [0.2, 0.25) is 0 Å². The smallest absolute Gasteiger partial charge is 0.195 e. The number of carbonyl (C=O) groups is 1. The Morgan fingerprint density at radius 1 is 1.07 bits per heavy atom. The third-order valence-electron chi connectivity index (χ3n) is 4.58. The van der Waals surface area contributed by atoms with E-state index in [9.17, 15) is 4.79 Å². The number of ketones is 1. The van der Waals surface area contributed by atoms with Crippen molar-refractivity contribution >= 4 is 23.2 Å². The lowest BCUT2D eigenvalue weighted by atomic mass is 10.0. The average Bonchev–Trinajstić information content (AvgIpc) is 3.22. The minimum atomic E-state index is 0.0423. The number of rotatable bonds is 6. The van der Waals surface area contributed by atoms with E-state index in [0.29, 0.717) is 17.2 Å². The zero-order valence-electron chi connectivity index (χ0n) is 14.8. The lowest BCUT2D eigenvalue weighted by molar-refractivity contribution is 0.103. The highest BCUT2D eigenvalue weighted by Gasteiger charge is 2.25. The van der Waals surface area contributed by atoms with Crippen molar-refractivity contribution in [2.45, 2.75) is 11.4 Å². The molecule has 1 fully saturated rings. The van der Waals surface area contributed by atoms with Crippen molar-refractivity contribution in [3.05, 3.63) is 95.8 Å². The maximum absolute atomic E-state index is 12.8. The molecule has 0 spiro atoms. The van der Waals surface area contributed by atoms with Crippen molar-refractivity contribution in [3.8, 4) is 0 Å². The van der Waals surface area contributed by atoms with Crippen LogP contribution in [0, 0.1) is 0 Å². The Balaban J connectivity index is 1.42. The quantitative estimate of drug-likeness (QED) is 0.635. The van der Waals surface area contributed by atoms with Crippen LogP contribution in [0.5, 0.6) is 0 Å². The number of benzene rings is 2. The molecular formula is C22H21N3OS. The van der Waals surface area contributed by atoms with Gasteiger partial charge >= 0.3 is 0 Å². The van der Waals surface area contributed by atoms with Crippen molar-refractivity contribution in [1.82, 2.24) is 10.3 Å². The van der Waals surface area contributed by atoms with Crippen molar-refractivity contribution in [2.75, 3.05) is 17.6 Å². The first kappa shape index (κ1) is 17.8. The lowest BCUT2D eigenvalue weighted by Gasteiger charge is -2.16. The van der Waals surface area contributed by atoms with E-state index in [0.717, 1.165) is 18.0 Å². The molecular weight excluding hydrogens is 354 g/mol. The van der Waals surface area contributed by atoms with Gasteiger partial charge < -0.3 is 5.32 Å². The maximum atomic E-state index is 12.8. The largest absolute Gasteiger partial charge is 0.383 e. The van der Waals surface area contributed by atoms with E-state index in [4.69, 9.17) is 0 Å². The van der Waals surface area contributed by atoms with E-state index in [1.807, 2.05) is 78.6 Å². The van der Waals surface area contributed by atoms with E-state index < -0.39 is 0 Å². The van der Waals surface area contributed by atoms with Gasteiger partial charge in [-0.1, -0.05) is 48.5 Å². The van der Waals surface area contributed by atoms with E-state index >= 15 is 0 Å². The van der Waals surface area contributed by atoms with Crippen LogP contribution in [-0.4, -0.2) is 29.1 Å². The molecule has 3 aromatic rings. The Kier molecular flexibility index (Phi) is 5.51. The Hall–Kier alpha value is -2.63. The molecule has 0 radical (unpaired) electrons. The van der Waals surface area contributed by atoms with Crippen LogP contribution >= 0.6 is 11.8 Å². The highest BCUT2D eigenvalue weighted by atomic mass is 32.2. The molecule has 27 heavy (non-hydrogen) atoms. The molecule has 1 saturated heterocycles. The summed E-state index contributed by atoms with van der Waals surface area (Å²) in [6, 6.07) is 21.5. The normalized spacial score (nSPS) is 19.0. The molecule has 2 unspecified atom stereocenters. The van der Waals surface area contributed by atoms with Crippen LogP contribution in [0.15, 0.2) is 79.1 Å². The standard InChI is InChI=1S/C22H21N3OS/c26-21(16-7-2-1-3-8-16)19-10-4-5-11-20(19)24-14-18-15-27-22(25-18)17-9-6-12-23-13-17/h1-13,18,22,24-25H,14-15H2. The summed E-state index contributed by atoms with van der Waals surface area (Å²) >= 11 is 1.89. The summed E-state index contributed by atoms with van der Waals surface area (Å²) in [5.74, 6) is 1.06. The Bertz CT molecular complexity index is 902. The summed E-state index contributed by atoms with van der Waals surface area (Å²) in [6.45, 7) is 0.767. The van der Waals surface area contributed by atoms with Gasteiger partial charge in [0.25, 0.3) is 0 Å². The molecule has 0 saturated carbocycles. The van der Waals surface area contributed by atoms with E-state index in [1.54, 1.807) is 6.20 Å². The van der Waals surface area contributed by atoms with Crippen molar-refractivity contribution < 1.29 is 4.79 Å². The molecule has 2 aromatic carbocycles. The molecule has 2 heterocycles. The number of carbonyl (C=O) groups excluding carboxylic acids is 1. The SMILES string of the molecule is O=C(c1ccccc1)c1ccccc1NCC1CSC(c2cccnc2)N1. The van der Waals surface area contributed by atoms with Crippen molar-refractivity contribution in [2.24, 2.45) is 0 Å². The van der Waals surface area contributed by atoms with Gasteiger partial charge in [-0.3, -0.25) is 15.1 Å². The number of nitrogens with one attached hydrogen (secondary N) is 2. The van der Waals surface area contributed by atoms with Gasteiger partial charge in [-0.15, -0.1) is 11.8 Å². The Morgan fingerprint density at radius 3 is 2.70 bits per heavy atom. The van der Waals surface area contributed by atoms with E-state index in [-0.39, 0.29) is 11.2 Å². The number of anilines is 1. The van der Waals surface area contributed by atoms with Crippen LogP contribution in [0.25, 0.3) is 0 Å². The number of hydrogen-bond donors (Lipinski definition) is 2. The topological polar surface area (TPSA) is 54.0 Å². The molecule has 0 amide bonds. The molecule has 4 rings (SSSR count). The monoisotopic (exact) mass is 375 g/mol. The maximum Gasteiger partial charge on any atom is 0.195 e. The Labute approximate surface area is 163 Å². The summed E-state index contributed by atoms with van der Waals surface area (Å²) in [6.07, 6.45) is 3.71. The van der Waals surface area contributed by atoms with Crippen molar-refractivity contribution in [3.63, 3.8) is 0 Å². The summed E-state index contributed by atoms with van der Waals surface area (Å²) in [7, 11) is 0. The summed E-state index contributed by atoms with van der Waals surface area (Å²) < 4.78 is 0. The number of nitrogens with zero attached hydrogens (tertiary/aromatic N) is 1. The molecule has 1 aromatic heterocycles. The number of pyridine rings is 1. The first-order chi connectivity index (χ1) is 13.3. The first-order valence-electron chi connectivity index (χ1n) is 9.01. The van der Waals surface area contributed by atoms with Crippen LogP contribution < -0.4 is 10.6 Å². The minimum absolute atomic E-state index is 0.0423. The highest BCUT2D eigenvalue weighted by molar-refractivity contribution is 7.99. The van der Waals surface area contributed by atoms with Crippen LogP contribution in [-0.2, 0) is 0 Å². The van der Waals surface area contributed by atoms with Crippen LogP contribution in [0.3, 0.4) is 0 Å². The van der Waals surface area contributed by atoms with Gasteiger partial charge in [-0.05, 0) is 23.8 Å². The fourth-order valence-corrected chi connectivity index (χ4v) is 4.44. The lowest BCUT2D eigenvalue weighted by Crippen LogP contribution is -2.33. The fraction of sp³-hybridized carbons (Fsp3) is 0.182. The van der Waals surface area contributed by atoms with Crippen LogP contribution in [0.4, 0.5) is 5.69 Å². The molecule has 1 aliphatic rings. The molecule has 2 N–H and O–H groups in total. The number of aromatic nitrogens is 1. The predicted octanol–water partition coefficient (Wildman–Crippen LogP) is 4.13. The van der Waals surface area contributed by atoms with Gasteiger partial charge in [0, 0.05) is 47.5 Å². The summed E-state index contributed by atoms with van der Waals surface area (Å²) in [4.78, 5) is 17.0. The zero-order valence-corrected chi connectivity index (χ0v) is 15.7. The highest BCUT2D eigenvalue weighted by Crippen LogP contribution is 2.32. The average molecular weight is 375 g/mol. The Morgan fingerprint density at radius 2 is 1.89 bits per heavy atom. The molecule has 2 atom stereocenters. The molecule has 136 valence electrons. The summed E-state index contributed by atoms with van der Waals surface area (Å²) in [5, 5.41) is 7.37. The molecule has 0 bridgehead atoms. The van der Waals surface area contributed by atoms with E-state index in [2.05, 4.69) is 21.7 Å². The summed E-state index contributed by atoms with van der Waals surface area (Å²) in [5.41, 5.74) is 3.49. The second-order valence-electron chi connectivity index (χ2n) is 6.48. The van der Waals surface area contributed by atoms with Crippen LogP contribution in [0.1, 0.15) is 26.9 Å². The fourth-order valence-electron chi connectivity index (χ4n) is 3.18. The van der Waals surface area contributed by atoms with Gasteiger partial charge in [0.05, 0.1) is 5.37 Å². The van der Waals surface area contributed by atoms with Crippen molar-refractivity contribution in [1.29, 1.82) is 0 Å². The molecule has 0 aliphatic carbocycles. The second-order valence-corrected chi connectivity index (χ2v) is 7.62. The van der Waals surface area contributed by atoms with Gasteiger partial charge in [0.2, 0.25) is 0 Å². The third kappa shape index (κ3) is 4.21.